The minimum Gasteiger partial charge on any atom is -0.0877 e. The molecule has 0 heteroatoms. The molecule has 120 valence electrons. The third-order valence-electron chi connectivity index (χ3n) is 4.33. The highest BCUT2D eigenvalue weighted by molar-refractivity contribution is 5.54. The number of benzene rings is 2. The Hall–Kier alpha value is -2.60. The zero-order valence-corrected chi connectivity index (χ0v) is 14.2. The summed E-state index contributed by atoms with van der Waals surface area (Å²) in [6.45, 7) is 2.03. The molecule has 0 heterocycles. The van der Waals surface area contributed by atoms with Crippen LogP contribution in [0, 0.1) is 0 Å². The fourth-order valence-corrected chi connectivity index (χ4v) is 3.05. The molecule has 0 aromatic heterocycles. The summed E-state index contributed by atoms with van der Waals surface area (Å²) >= 11 is 0. The first-order valence-corrected chi connectivity index (χ1v) is 8.68. The predicted octanol–water partition coefficient (Wildman–Crippen LogP) is 4.97. The van der Waals surface area contributed by atoms with E-state index < -0.39 is 0 Å². The highest BCUT2D eigenvalue weighted by Crippen LogP contribution is 2.22. The molecule has 0 aliphatic heterocycles. The first-order chi connectivity index (χ1) is 11.9. The molecule has 2 aromatic carbocycles. The SMILES string of the molecule is C/C=C\C=C/C/C=C/c1ccc2c(c1)=CCC(c1ccccc1)C=2. The molecule has 0 saturated carbocycles. The standard InChI is InChI=1S/C24H24/c1-2-3-4-5-6-8-11-20-14-15-24-19-23(17-16-22(24)18-20)21-12-9-7-10-13-21/h2-5,7-16,18-19,23H,6,17H2,1H3/b3-2-,5-4-,11-8+. The summed E-state index contributed by atoms with van der Waals surface area (Å²) in [5.74, 6) is 0.497. The van der Waals surface area contributed by atoms with Crippen molar-refractivity contribution in [1.29, 1.82) is 0 Å². The average molecular weight is 312 g/mol. The Balaban J connectivity index is 1.75. The van der Waals surface area contributed by atoms with Crippen LogP contribution in [0.5, 0.6) is 0 Å². The summed E-state index contributed by atoms with van der Waals surface area (Å²) < 4.78 is 0. The Morgan fingerprint density at radius 1 is 0.958 bits per heavy atom. The molecule has 0 spiro atoms. The van der Waals surface area contributed by atoms with Crippen LogP contribution in [-0.4, -0.2) is 0 Å². The lowest BCUT2D eigenvalue weighted by atomic mass is 9.90. The minimum absolute atomic E-state index is 0.497. The highest BCUT2D eigenvalue weighted by Gasteiger charge is 2.09. The number of hydrogen-bond acceptors (Lipinski definition) is 0. The summed E-state index contributed by atoms with van der Waals surface area (Å²) in [6, 6.07) is 17.5. The fraction of sp³-hybridized carbons (Fsp3) is 0.167. The third-order valence-corrected chi connectivity index (χ3v) is 4.33. The Morgan fingerprint density at radius 2 is 1.83 bits per heavy atom. The van der Waals surface area contributed by atoms with Crippen molar-refractivity contribution in [3.63, 3.8) is 0 Å². The second-order valence-corrected chi connectivity index (χ2v) is 6.10. The first kappa shape index (κ1) is 16.3. The monoisotopic (exact) mass is 312 g/mol. The van der Waals surface area contributed by atoms with Crippen LogP contribution in [0.1, 0.15) is 36.8 Å². The van der Waals surface area contributed by atoms with Crippen molar-refractivity contribution >= 4 is 18.2 Å². The fourth-order valence-electron chi connectivity index (χ4n) is 3.05. The minimum atomic E-state index is 0.497. The van der Waals surface area contributed by atoms with Crippen LogP contribution in [-0.2, 0) is 0 Å². The van der Waals surface area contributed by atoms with Gasteiger partial charge in [-0.1, -0.05) is 91.1 Å². The van der Waals surface area contributed by atoms with Gasteiger partial charge in [-0.15, -0.1) is 0 Å². The number of allylic oxidation sites excluding steroid dienone is 5. The van der Waals surface area contributed by atoms with Crippen LogP contribution in [0.3, 0.4) is 0 Å². The average Bonchev–Trinajstić information content (AvgIpc) is 2.65. The van der Waals surface area contributed by atoms with Gasteiger partial charge >= 0.3 is 0 Å². The van der Waals surface area contributed by atoms with Crippen LogP contribution < -0.4 is 10.4 Å². The van der Waals surface area contributed by atoms with Crippen LogP contribution >= 0.6 is 0 Å². The lowest BCUT2D eigenvalue weighted by Crippen LogP contribution is -2.28. The van der Waals surface area contributed by atoms with E-state index in [2.05, 4.69) is 91.1 Å². The van der Waals surface area contributed by atoms with Gasteiger partial charge in [0.25, 0.3) is 0 Å². The maximum Gasteiger partial charge on any atom is 0.00620 e. The molecule has 1 aliphatic carbocycles. The number of fused-ring (bicyclic) bond motifs is 1. The summed E-state index contributed by atoms with van der Waals surface area (Å²) in [7, 11) is 0. The zero-order valence-electron chi connectivity index (χ0n) is 14.2. The van der Waals surface area contributed by atoms with Gasteiger partial charge in [0, 0.05) is 5.92 Å². The molecule has 1 unspecified atom stereocenters. The van der Waals surface area contributed by atoms with Gasteiger partial charge in [0.05, 0.1) is 0 Å². The van der Waals surface area contributed by atoms with E-state index in [1.807, 2.05) is 13.0 Å². The topological polar surface area (TPSA) is 0 Å². The lowest BCUT2D eigenvalue weighted by Gasteiger charge is -2.14. The second-order valence-electron chi connectivity index (χ2n) is 6.10. The molecule has 0 nitrogen and oxygen atoms in total. The molecular weight excluding hydrogens is 288 g/mol. The Morgan fingerprint density at radius 3 is 2.67 bits per heavy atom. The van der Waals surface area contributed by atoms with E-state index in [-0.39, 0.29) is 0 Å². The van der Waals surface area contributed by atoms with Crippen molar-refractivity contribution in [1.82, 2.24) is 0 Å². The van der Waals surface area contributed by atoms with Crippen molar-refractivity contribution in [2.24, 2.45) is 0 Å². The first-order valence-electron chi connectivity index (χ1n) is 8.68. The summed E-state index contributed by atoms with van der Waals surface area (Å²) in [6.07, 6.45) is 19.6. The molecule has 24 heavy (non-hydrogen) atoms. The van der Waals surface area contributed by atoms with Gasteiger partial charge in [-0.25, -0.2) is 0 Å². The Kier molecular flexibility index (Phi) is 5.63. The molecule has 0 radical (unpaired) electrons. The number of rotatable bonds is 5. The molecule has 1 atom stereocenters. The molecule has 0 saturated heterocycles. The van der Waals surface area contributed by atoms with Gasteiger partial charge in [0.15, 0.2) is 0 Å². The maximum atomic E-state index is 2.40. The molecule has 3 rings (SSSR count). The largest absolute Gasteiger partial charge is 0.0877 e. The Bertz CT molecular complexity index is 864. The molecule has 1 aliphatic rings. The van der Waals surface area contributed by atoms with E-state index >= 15 is 0 Å². The van der Waals surface area contributed by atoms with E-state index in [1.165, 1.54) is 21.6 Å². The zero-order chi connectivity index (χ0) is 16.6. The van der Waals surface area contributed by atoms with E-state index in [4.69, 9.17) is 0 Å². The van der Waals surface area contributed by atoms with Gasteiger partial charge in [-0.3, -0.25) is 0 Å². The van der Waals surface area contributed by atoms with Crippen LogP contribution in [0.25, 0.3) is 18.2 Å². The third kappa shape index (κ3) is 4.23. The smallest absolute Gasteiger partial charge is 0.00620 e. The summed E-state index contributed by atoms with van der Waals surface area (Å²) in [4.78, 5) is 0. The van der Waals surface area contributed by atoms with E-state index in [1.54, 1.807) is 0 Å². The van der Waals surface area contributed by atoms with Crippen molar-refractivity contribution in [3.05, 3.63) is 100 Å². The van der Waals surface area contributed by atoms with Gasteiger partial charge in [-0.05, 0) is 47.4 Å². The van der Waals surface area contributed by atoms with Crippen LogP contribution in [0.4, 0.5) is 0 Å². The van der Waals surface area contributed by atoms with Crippen molar-refractivity contribution < 1.29 is 0 Å². The van der Waals surface area contributed by atoms with Gasteiger partial charge in [0.1, 0.15) is 0 Å². The highest BCUT2D eigenvalue weighted by atomic mass is 14.1. The molecule has 2 aromatic rings. The second kappa shape index (κ2) is 8.31. The van der Waals surface area contributed by atoms with Gasteiger partial charge in [0.2, 0.25) is 0 Å². The van der Waals surface area contributed by atoms with Crippen molar-refractivity contribution in [3.8, 4) is 0 Å². The normalized spacial score (nSPS) is 17.1. The van der Waals surface area contributed by atoms with Crippen LogP contribution in [0.2, 0.25) is 0 Å². The number of hydrogen-bond donors (Lipinski definition) is 0. The van der Waals surface area contributed by atoms with Gasteiger partial charge < -0.3 is 0 Å². The lowest BCUT2D eigenvalue weighted by molar-refractivity contribution is 0.921. The predicted molar refractivity (Wildman–Crippen MR) is 106 cm³/mol. The van der Waals surface area contributed by atoms with E-state index in [9.17, 15) is 0 Å². The molecule has 0 fully saturated rings. The quantitative estimate of drug-likeness (QED) is 0.684. The van der Waals surface area contributed by atoms with Gasteiger partial charge in [-0.2, -0.15) is 0 Å². The summed E-state index contributed by atoms with van der Waals surface area (Å²) in [5, 5.41) is 2.70. The molecule has 0 bridgehead atoms. The van der Waals surface area contributed by atoms with E-state index in [0.29, 0.717) is 5.92 Å². The molecule has 0 amide bonds. The Labute approximate surface area is 144 Å². The van der Waals surface area contributed by atoms with Crippen LogP contribution in [0.15, 0.2) is 78.9 Å². The van der Waals surface area contributed by atoms with E-state index in [0.717, 1.165) is 12.8 Å². The summed E-state index contributed by atoms with van der Waals surface area (Å²) in [5.41, 5.74) is 2.67. The molecule has 0 N–H and O–H groups in total. The van der Waals surface area contributed by atoms with Crippen molar-refractivity contribution in [2.45, 2.75) is 25.7 Å². The maximum absolute atomic E-state index is 2.40. The molecular formula is C24H24. The van der Waals surface area contributed by atoms with Crippen molar-refractivity contribution in [2.75, 3.05) is 0 Å².